The summed E-state index contributed by atoms with van der Waals surface area (Å²) in [7, 11) is 0. The Bertz CT molecular complexity index is 767. The molecule has 2 aromatic rings. The van der Waals surface area contributed by atoms with Gasteiger partial charge in [-0.1, -0.05) is 119 Å². The minimum absolute atomic E-state index is 0.0505. The van der Waals surface area contributed by atoms with Crippen LogP contribution in [-0.4, -0.2) is 0 Å². The highest BCUT2D eigenvalue weighted by Crippen LogP contribution is 2.41. The van der Waals surface area contributed by atoms with E-state index in [1.165, 1.54) is 27.8 Å². The fraction of sp³-hybridized carbons (Fsp3) is 0.556. The fourth-order valence-corrected chi connectivity index (χ4v) is 3.69. The second-order valence-electron chi connectivity index (χ2n) is 11.7. The lowest BCUT2D eigenvalue weighted by Crippen LogP contribution is -2.27. The molecule has 0 aliphatic rings. The van der Waals surface area contributed by atoms with E-state index in [0.717, 1.165) is 0 Å². The van der Waals surface area contributed by atoms with Gasteiger partial charge < -0.3 is 0 Å². The summed E-state index contributed by atoms with van der Waals surface area (Å²) < 4.78 is 0. The molecule has 0 aliphatic heterocycles. The lowest BCUT2D eigenvalue weighted by Gasteiger charge is -2.35. The number of hydrogen-bond acceptors (Lipinski definition) is 0. The average molecular weight is 365 g/mol. The van der Waals surface area contributed by atoms with Crippen LogP contribution in [0.15, 0.2) is 42.5 Å². The van der Waals surface area contributed by atoms with Gasteiger partial charge in [-0.3, -0.25) is 0 Å². The molecule has 27 heavy (non-hydrogen) atoms. The van der Waals surface area contributed by atoms with Gasteiger partial charge in [0.05, 0.1) is 0 Å². The van der Waals surface area contributed by atoms with Crippen molar-refractivity contribution in [3.05, 3.63) is 70.3 Å². The van der Waals surface area contributed by atoms with Crippen molar-refractivity contribution in [1.29, 1.82) is 0 Å². The van der Waals surface area contributed by atoms with Gasteiger partial charge in [0, 0.05) is 5.41 Å². The Morgan fingerprint density at radius 2 is 0.815 bits per heavy atom. The van der Waals surface area contributed by atoms with Crippen molar-refractivity contribution in [3.63, 3.8) is 0 Å². The molecule has 148 valence electrons. The second-order valence-corrected chi connectivity index (χ2v) is 11.7. The molecule has 0 fully saturated rings. The molecule has 0 heterocycles. The Labute approximate surface area is 168 Å². The molecule has 0 spiro atoms. The zero-order chi connectivity index (χ0) is 20.8. The van der Waals surface area contributed by atoms with Gasteiger partial charge in [0.15, 0.2) is 0 Å². The molecule has 2 rings (SSSR count). The minimum Gasteiger partial charge on any atom is -0.0620 e. The third-order valence-electron chi connectivity index (χ3n) is 5.80. The fourth-order valence-electron chi connectivity index (χ4n) is 3.69. The van der Waals surface area contributed by atoms with Crippen molar-refractivity contribution in [2.24, 2.45) is 0 Å². The molecule has 0 N–H and O–H groups in total. The molecule has 0 radical (unpaired) electrons. The lowest BCUT2D eigenvalue weighted by atomic mass is 9.69. The van der Waals surface area contributed by atoms with Crippen LogP contribution in [-0.2, 0) is 21.7 Å². The normalized spacial score (nSPS) is 13.7. The average Bonchev–Trinajstić information content (AvgIpc) is 2.52. The van der Waals surface area contributed by atoms with Crippen LogP contribution in [0.3, 0.4) is 0 Å². The zero-order valence-corrected chi connectivity index (χ0v) is 19.5. The van der Waals surface area contributed by atoms with Crippen LogP contribution in [0.1, 0.15) is 104 Å². The van der Waals surface area contributed by atoms with Gasteiger partial charge in [-0.15, -0.1) is 0 Å². The molecule has 2 aromatic carbocycles. The second kappa shape index (κ2) is 6.80. The monoisotopic (exact) mass is 364 g/mol. The minimum atomic E-state index is -0.0505. The number of rotatable bonds is 2. The van der Waals surface area contributed by atoms with Crippen LogP contribution in [0.2, 0.25) is 0 Å². The van der Waals surface area contributed by atoms with E-state index in [1.54, 1.807) is 0 Å². The van der Waals surface area contributed by atoms with Gasteiger partial charge in [0.2, 0.25) is 0 Å². The molecule has 0 heteroatoms. The summed E-state index contributed by atoms with van der Waals surface area (Å²) in [5, 5.41) is 0. The van der Waals surface area contributed by atoms with Gasteiger partial charge in [-0.2, -0.15) is 0 Å². The predicted molar refractivity (Wildman–Crippen MR) is 121 cm³/mol. The Kier molecular flexibility index (Phi) is 5.47. The van der Waals surface area contributed by atoms with Crippen LogP contribution in [0.25, 0.3) is 0 Å². The highest BCUT2D eigenvalue weighted by molar-refractivity contribution is 5.48. The standard InChI is InChI=1S/C27H40/c1-24(2,3)19-16-20(25(4,5)6)18-21(17-19)27(10,11)23-15-13-12-14-22(23)26(7,8)9/h12-18H,1-11H3. The highest BCUT2D eigenvalue weighted by atomic mass is 14.4. The Morgan fingerprint density at radius 1 is 0.444 bits per heavy atom. The quantitative estimate of drug-likeness (QED) is 0.508. The molecule has 0 saturated carbocycles. The molecule has 0 aliphatic carbocycles. The molecule has 0 saturated heterocycles. The van der Waals surface area contributed by atoms with E-state index in [9.17, 15) is 0 Å². The van der Waals surface area contributed by atoms with Crippen LogP contribution < -0.4 is 0 Å². The lowest BCUT2D eigenvalue weighted by molar-refractivity contribution is 0.539. The predicted octanol–water partition coefficient (Wildman–Crippen LogP) is 7.91. The van der Waals surface area contributed by atoms with Crippen molar-refractivity contribution < 1.29 is 0 Å². The zero-order valence-electron chi connectivity index (χ0n) is 19.5. The van der Waals surface area contributed by atoms with Crippen LogP contribution in [0.4, 0.5) is 0 Å². The summed E-state index contributed by atoms with van der Waals surface area (Å²) in [6.07, 6.45) is 0. The molecular formula is C27H40. The number of hydrogen-bond donors (Lipinski definition) is 0. The molecule has 0 nitrogen and oxygen atoms in total. The van der Waals surface area contributed by atoms with E-state index in [0.29, 0.717) is 0 Å². The molecule has 0 aromatic heterocycles. The van der Waals surface area contributed by atoms with E-state index in [1.807, 2.05) is 0 Å². The first kappa shape index (κ1) is 21.7. The van der Waals surface area contributed by atoms with E-state index in [-0.39, 0.29) is 21.7 Å². The van der Waals surface area contributed by atoms with Crippen molar-refractivity contribution in [3.8, 4) is 0 Å². The van der Waals surface area contributed by atoms with Gasteiger partial charge in [0.1, 0.15) is 0 Å². The first-order chi connectivity index (χ1) is 12.0. The van der Waals surface area contributed by atoms with E-state index >= 15 is 0 Å². The maximum atomic E-state index is 2.44. The smallest absolute Gasteiger partial charge is 0.0149 e. The van der Waals surface area contributed by atoms with Gasteiger partial charge >= 0.3 is 0 Å². The Morgan fingerprint density at radius 3 is 1.19 bits per heavy atom. The summed E-state index contributed by atoms with van der Waals surface area (Å²) >= 11 is 0. The molecule has 0 bridgehead atoms. The summed E-state index contributed by atoms with van der Waals surface area (Å²) in [4.78, 5) is 0. The van der Waals surface area contributed by atoms with E-state index < -0.39 is 0 Å². The van der Waals surface area contributed by atoms with Crippen LogP contribution >= 0.6 is 0 Å². The van der Waals surface area contributed by atoms with Crippen molar-refractivity contribution >= 4 is 0 Å². The van der Waals surface area contributed by atoms with E-state index in [4.69, 9.17) is 0 Å². The van der Waals surface area contributed by atoms with E-state index in [2.05, 4.69) is 119 Å². The Balaban J connectivity index is 2.77. The Hall–Kier alpha value is -1.56. The topological polar surface area (TPSA) is 0 Å². The molecule has 0 atom stereocenters. The van der Waals surface area contributed by atoms with Crippen molar-refractivity contribution in [2.45, 2.75) is 97.8 Å². The number of benzene rings is 2. The molecular weight excluding hydrogens is 324 g/mol. The third-order valence-corrected chi connectivity index (χ3v) is 5.80. The summed E-state index contributed by atoms with van der Waals surface area (Å²) in [6, 6.07) is 16.3. The first-order valence-electron chi connectivity index (χ1n) is 10.3. The first-order valence-corrected chi connectivity index (χ1v) is 10.3. The van der Waals surface area contributed by atoms with Crippen molar-refractivity contribution in [1.82, 2.24) is 0 Å². The largest absolute Gasteiger partial charge is 0.0620 e. The molecule has 0 amide bonds. The van der Waals surface area contributed by atoms with Crippen LogP contribution in [0.5, 0.6) is 0 Å². The van der Waals surface area contributed by atoms with Crippen LogP contribution in [0, 0.1) is 0 Å². The third kappa shape index (κ3) is 4.65. The SMILES string of the molecule is CC(C)(C)c1cc(C(C)(C)C)cc(C(C)(C)c2ccccc2C(C)(C)C)c1. The van der Waals surface area contributed by atoms with Gasteiger partial charge in [0.25, 0.3) is 0 Å². The highest BCUT2D eigenvalue weighted by Gasteiger charge is 2.31. The maximum Gasteiger partial charge on any atom is 0.0149 e. The summed E-state index contributed by atoms with van der Waals surface area (Å²) in [5.41, 5.74) is 7.48. The summed E-state index contributed by atoms with van der Waals surface area (Å²) in [5.74, 6) is 0. The van der Waals surface area contributed by atoms with Crippen molar-refractivity contribution in [2.75, 3.05) is 0 Å². The van der Waals surface area contributed by atoms with Gasteiger partial charge in [-0.05, 0) is 44.1 Å². The summed E-state index contributed by atoms with van der Waals surface area (Å²) in [6.45, 7) is 25.6. The van der Waals surface area contributed by atoms with Gasteiger partial charge in [-0.25, -0.2) is 0 Å². The maximum absolute atomic E-state index is 2.44. The molecule has 0 unspecified atom stereocenters.